The minimum atomic E-state index is -2.53. The second-order valence-corrected chi connectivity index (χ2v) is 15.1. The average Bonchev–Trinajstić information content (AvgIpc) is 3.66. The molecule has 0 saturated carbocycles. The number of aliphatic hydroxyl groups is 6. The zero-order valence-corrected chi connectivity index (χ0v) is 32.3. The molecule has 19 nitrogen and oxygen atoms in total. The van der Waals surface area contributed by atoms with Gasteiger partial charge in [0.05, 0.1) is 17.9 Å². The van der Waals surface area contributed by atoms with Crippen LogP contribution >= 0.6 is 0 Å². The van der Waals surface area contributed by atoms with Crippen molar-refractivity contribution in [2.75, 3.05) is 33.1 Å². The van der Waals surface area contributed by atoms with Crippen molar-refractivity contribution in [2.45, 2.75) is 61.5 Å². The van der Waals surface area contributed by atoms with Gasteiger partial charge in [0, 0.05) is 59.8 Å². The molecule has 19 heteroatoms. The fraction of sp³-hybridized carbons (Fsp3) is 0.357. The highest BCUT2D eigenvalue weighted by molar-refractivity contribution is 6.68. The number of amides is 1. The number of nitrogens with one attached hydrogen (secondary N) is 3. The Balaban J connectivity index is 1.45. The number of nitrogens with zero attached hydrogens (tertiary/aromatic N) is 2. The van der Waals surface area contributed by atoms with Crippen molar-refractivity contribution in [1.29, 1.82) is 5.41 Å². The smallest absolute Gasteiger partial charge is 0.284 e. The first-order chi connectivity index (χ1) is 29.4. The van der Waals surface area contributed by atoms with E-state index in [-0.39, 0.29) is 64.6 Å². The highest BCUT2D eigenvalue weighted by Crippen LogP contribution is 2.51. The van der Waals surface area contributed by atoms with Gasteiger partial charge in [0.25, 0.3) is 11.7 Å². The number of carbonyl (C=O) groups is 4. The Morgan fingerprint density at radius 3 is 2.49 bits per heavy atom. The first-order valence-corrected chi connectivity index (χ1v) is 19.5. The van der Waals surface area contributed by atoms with Gasteiger partial charge in [0.15, 0.2) is 35.3 Å². The van der Waals surface area contributed by atoms with Crippen molar-refractivity contribution in [3.05, 3.63) is 99.8 Å². The summed E-state index contributed by atoms with van der Waals surface area (Å²) in [6.07, 6.45) is -7.79. The molecule has 3 aromatic carbocycles. The third-order valence-corrected chi connectivity index (χ3v) is 11.4. The maximum absolute atomic E-state index is 14.6. The molecule has 4 heterocycles. The molecule has 1 amide bonds. The summed E-state index contributed by atoms with van der Waals surface area (Å²) >= 11 is 0. The predicted octanol–water partition coefficient (Wildman–Crippen LogP) is -1.45. The molecule has 4 aliphatic heterocycles. The Kier molecular flexibility index (Phi) is 11.5. The van der Waals surface area contributed by atoms with Crippen LogP contribution in [0.15, 0.2) is 76.4 Å². The molecule has 0 radical (unpaired) electrons. The van der Waals surface area contributed by atoms with Crippen LogP contribution < -0.4 is 19.7 Å². The van der Waals surface area contributed by atoms with E-state index in [0.717, 1.165) is 0 Å². The average molecular weight is 841 g/mol. The normalized spacial score (nSPS) is 28.1. The molecular formula is C42H42N5O14+. The number of ether oxygens (including phenoxy) is 4. The third-order valence-electron chi connectivity index (χ3n) is 11.4. The topological polar surface area (TPSA) is 292 Å². The van der Waals surface area contributed by atoms with Crippen molar-refractivity contribution in [3.8, 4) is 11.5 Å². The maximum atomic E-state index is 14.6. The molecule has 0 spiro atoms. The summed E-state index contributed by atoms with van der Waals surface area (Å²) in [5, 5.41) is 76.7. The molecule has 5 aliphatic rings. The lowest BCUT2D eigenvalue weighted by Gasteiger charge is -2.47. The van der Waals surface area contributed by atoms with E-state index < -0.39 is 104 Å². The molecule has 61 heavy (non-hydrogen) atoms. The summed E-state index contributed by atoms with van der Waals surface area (Å²) < 4.78 is 25.0. The van der Waals surface area contributed by atoms with Crippen LogP contribution in [-0.2, 0) is 19.1 Å². The molecule has 1 unspecified atom stereocenters. The SMILES string of the molecule is N=C1N=C2C(=NC[NH+]2c2ccccc2[C@H]2/C(CCO)=C\OC[C@@H]3O[C@H](Oc4c2cc2c(c4OC[C@H](O)CC=O)C(=O)c4ccccc4C2=O)[C@](O)(CCO)[C@H](O)[C@H]3O)C(=O)N1. The standard InChI is InChI=1S/C42H41N5O14/c43-41-45-38-31(39(56)46-41)44-19-47(38)27-8-4-3-7-24(27)29-20(9-12-48)16-58-18-28-34(54)37(55)42(57,11-14-50)40(60-28)61-35-26(29)15-25-30(36(35)59-17-21(51)10-13-49)33(53)23-6-2-1-5-22(23)32(25)52/h1-8,13,15-16,21,28-29,34,37,40,48,50-51,54-55,57H,9-12,14,17-19H2,(H2,43,46,56)/p+1/b20-16-/t21-,28+,29-,34+,37-,40-,42+/m1/s1. The molecule has 8 rings (SSSR count). The molecule has 0 aromatic heterocycles. The van der Waals surface area contributed by atoms with E-state index in [4.69, 9.17) is 24.4 Å². The van der Waals surface area contributed by atoms with Gasteiger partial charge in [-0.25, -0.2) is 9.89 Å². The Hall–Kier alpha value is -6.03. The van der Waals surface area contributed by atoms with Crippen LogP contribution in [0.25, 0.3) is 0 Å². The lowest BCUT2D eigenvalue weighted by atomic mass is 9.77. The molecule has 8 atom stereocenters. The minimum Gasteiger partial charge on any atom is -0.498 e. The van der Waals surface area contributed by atoms with Gasteiger partial charge in [-0.15, -0.1) is 0 Å². The van der Waals surface area contributed by atoms with Gasteiger partial charge in [0.1, 0.15) is 43.5 Å². The van der Waals surface area contributed by atoms with Crippen LogP contribution in [0.4, 0.5) is 5.69 Å². The molecular weight excluding hydrogens is 798 g/mol. The van der Waals surface area contributed by atoms with Gasteiger partial charge in [-0.1, -0.05) is 42.5 Å². The highest BCUT2D eigenvalue weighted by atomic mass is 16.7. The number of rotatable bonds is 11. The Bertz CT molecular complexity index is 2420. The molecule has 1 saturated heterocycles. The number of carbonyl (C=O) groups excluding carboxylic acids is 4. The van der Waals surface area contributed by atoms with E-state index in [1.165, 1.54) is 24.5 Å². The molecule has 1 aliphatic carbocycles. The number of amidine groups is 1. The van der Waals surface area contributed by atoms with Gasteiger partial charge < -0.3 is 54.4 Å². The summed E-state index contributed by atoms with van der Waals surface area (Å²) in [6, 6.07) is 14.4. The van der Waals surface area contributed by atoms with Crippen molar-refractivity contribution in [1.82, 2.24) is 5.32 Å². The molecule has 9 N–H and O–H groups in total. The fourth-order valence-corrected chi connectivity index (χ4v) is 8.38. The number of guanidine groups is 1. The van der Waals surface area contributed by atoms with E-state index >= 15 is 0 Å². The highest BCUT2D eigenvalue weighted by Gasteiger charge is 2.57. The number of hydrogen-bond donors (Lipinski definition) is 9. The predicted molar refractivity (Wildman–Crippen MR) is 210 cm³/mol. The largest absolute Gasteiger partial charge is 0.498 e. The van der Waals surface area contributed by atoms with E-state index in [1.54, 1.807) is 36.4 Å². The van der Waals surface area contributed by atoms with Crippen molar-refractivity contribution >= 4 is 47.0 Å². The van der Waals surface area contributed by atoms with Crippen molar-refractivity contribution < 1.29 is 73.7 Å². The number of quaternary nitrogens is 1. The Morgan fingerprint density at radius 1 is 1.02 bits per heavy atom. The second-order valence-electron chi connectivity index (χ2n) is 15.1. The van der Waals surface area contributed by atoms with Crippen LogP contribution in [0.2, 0.25) is 0 Å². The van der Waals surface area contributed by atoms with E-state index in [9.17, 15) is 49.8 Å². The Labute approximate surface area is 346 Å². The molecule has 3 aromatic rings. The van der Waals surface area contributed by atoms with Crippen molar-refractivity contribution in [3.63, 3.8) is 0 Å². The number of para-hydroxylation sites is 1. The monoisotopic (exact) mass is 840 g/mol. The maximum Gasteiger partial charge on any atom is 0.284 e. The molecule has 2 bridgehead atoms. The van der Waals surface area contributed by atoms with Crippen LogP contribution in [0.3, 0.4) is 0 Å². The third kappa shape index (κ3) is 7.23. The minimum absolute atomic E-state index is 0.00700. The van der Waals surface area contributed by atoms with Gasteiger partial charge in [-0.3, -0.25) is 25.1 Å². The summed E-state index contributed by atoms with van der Waals surface area (Å²) in [4.78, 5) is 62.7. The van der Waals surface area contributed by atoms with Crippen LogP contribution in [0, 0.1) is 5.41 Å². The van der Waals surface area contributed by atoms with E-state index in [2.05, 4.69) is 15.3 Å². The lowest BCUT2D eigenvalue weighted by Crippen LogP contribution is -3.09. The quantitative estimate of drug-likeness (QED) is 0.0782. The fourth-order valence-electron chi connectivity index (χ4n) is 8.38. The number of fused-ring (bicyclic) bond motifs is 6. The number of aliphatic hydroxyl groups excluding tert-OH is 5. The molecule has 318 valence electrons. The van der Waals surface area contributed by atoms with Gasteiger partial charge >= 0.3 is 0 Å². The van der Waals surface area contributed by atoms with Gasteiger partial charge in [-0.2, -0.15) is 4.99 Å². The summed E-state index contributed by atoms with van der Waals surface area (Å²) in [7, 11) is 0. The summed E-state index contributed by atoms with van der Waals surface area (Å²) in [5.41, 5.74) is -1.60. The Morgan fingerprint density at radius 2 is 1.75 bits per heavy atom. The summed E-state index contributed by atoms with van der Waals surface area (Å²) in [5.74, 6) is -4.05. The van der Waals surface area contributed by atoms with E-state index in [1.807, 2.05) is 0 Å². The van der Waals surface area contributed by atoms with Gasteiger partial charge in [0.2, 0.25) is 18.0 Å². The zero-order valence-electron chi connectivity index (χ0n) is 32.3. The number of aldehydes is 1. The lowest BCUT2D eigenvalue weighted by molar-refractivity contribution is -0.723. The first-order valence-electron chi connectivity index (χ1n) is 19.5. The van der Waals surface area contributed by atoms with Crippen molar-refractivity contribution in [2.24, 2.45) is 9.98 Å². The van der Waals surface area contributed by atoms with Crippen LogP contribution in [0.1, 0.15) is 68.2 Å². The van der Waals surface area contributed by atoms with Gasteiger partial charge in [-0.05, 0) is 24.1 Å². The van der Waals surface area contributed by atoms with E-state index in [0.29, 0.717) is 28.0 Å². The zero-order chi connectivity index (χ0) is 43.2. The van der Waals surface area contributed by atoms with Crippen LogP contribution in [-0.4, -0.2) is 141 Å². The number of benzene rings is 3. The first kappa shape index (κ1) is 41.7. The number of ketones is 2. The number of aliphatic imine (C=N–C) groups is 2. The number of hydrogen-bond acceptors (Lipinski definition) is 16. The summed E-state index contributed by atoms with van der Waals surface area (Å²) in [6.45, 7) is -2.24. The molecule has 1 fully saturated rings. The second kappa shape index (κ2) is 16.8. The van der Waals surface area contributed by atoms with Crippen LogP contribution in [0.5, 0.6) is 11.5 Å².